The maximum Gasteiger partial charge on any atom is 0.254 e. The Bertz CT molecular complexity index is 1330. The van der Waals surface area contributed by atoms with E-state index in [0.29, 0.717) is 22.0 Å². The molecule has 5 rings (SSSR count). The molecular formula is C31H33ClN2O4. The highest BCUT2D eigenvalue weighted by Gasteiger charge is 2.46. The van der Waals surface area contributed by atoms with Crippen LogP contribution in [0.25, 0.3) is 0 Å². The van der Waals surface area contributed by atoms with Gasteiger partial charge in [-0.1, -0.05) is 61.2 Å². The average Bonchev–Trinajstić information content (AvgIpc) is 2.95. The van der Waals surface area contributed by atoms with Gasteiger partial charge >= 0.3 is 0 Å². The summed E-state index contributed by atoms with van der Waals surface area (Å²) in [4.78, 5) is 30.3. The molecule has 2 atom stereocenters. The van der Waals surface area contributed by atoms with Crippen LogP contribution in [0.3, 0.4) is 0 Å². The van der Waals surface area contributed by atoms with Crippen molar-refractivity contribution in [3.63, 3.8) is 0 Å². The van der Waals surface area contributed by atoms with E-state index in [0.717, 1.165) is 48.1 Å². The number of nitrogens with one attached hydrogen (secondary N) is 1. The van der Waals surface area contributed by atoms with Crippen LogP contribution in [-0.4, -0.2) is 37.0 Å². The van der Waals surface area contributed by atoms with E-state index in [-0.39, 0.29) is 17.9 Å². The molecule has 2 unspecified atom stereocenters. The number of amides is 2. The quantitative estimate of drug-likeness (QED) is 0.374. The molecule has 38 heavy (non-hydrogen) atoms. The summed E-state index contributed by atoms with van der Waals surface area (Å²) in [6.45, 7) is 1.89. The van der Waals surface area contributed by atoms with Gasteiger partial charge in [0, 0.05) is 22.7 Å². The fourth-order valence-electron chi connectivity index (χ4n) is 5.89. The van der Waals surface area contributed by atoms with E-state index in [1.165, 1.54) is 6.42 Å². The van der Waals surface area contributed by atoms with Crippen LogP contribution in [-0.2, 0) is 4.79 Å². The van der Waals surface area contributed by atoms with Crippen LogP contribution in [0.1, 0.15) is 71.1 Å². The zero-order valence-electron chi connectivity index (χ0n) is 22.0. The minimum atomic E-state index is -0.625. The van der Waals surface area contributed by atoms with Gasteiger partial charge in [-0.05, 0) is 60.7 Å². The number of hydrogen-bond acceptors (Lipinski definition) is 4. The Morgan fingerprint density at radius 3 is 2.37 bits per heavy atom. The lowest BCUT2D eigenvalue weighted by Gasteiger charge is -2.46. The summed E-state index contributed by atoms with van der Waals surface area (Å²) < 4.78 is 10.9. The number of benzene rings is 3. The molecule has 6 nitrogen and oxygen atoms in total. The Morgan fingerprint density at radius 2 is 1.68 bits per heavy atom. The monoisotopic (exact) mass is 532 g/mol. The second-order valence-corrected chi connectivity index (χ2v) is 10.5. The highest BCUT2D eigenvalue weighted by molar-refractivity contribution is 6.31. The molecule has 7 heteroatoms. The highest BCUT2D eigenvalue weighted by atomic mass is 35.5. The molecule has 1 aliphatic heterocycles. The SMILES string of the molecule is COc1ccc(C2C(C(=O)Nc3cc(C)c(Cl)cc3OC)c3ccccc3C(=O)N2C2CCCCC2)cc1. The summed E-state index contributed by atoms with van der Waals surface area (Å²) in [6, 6.07) is 18.3. The van der Waals surface area contributed by atoms with Crippen LogP contribution in [0, 0.1) is 6.92 Å². The van der Waals surface area contributed by atoms with E-state index in [9.17, 15) is 9.59 Å². The summed E-state index contributed by atoms with van der Waals surface area (Å²) in [6.07, 6.45) is 5.17. The first-order valence-electron chi connectivity index (χ1n) is 13.1. The number of aryl methyl sites for hydroxylation is 1. The number of nitrogens with zero attached hydrogens (tertiary/aromatic N) is 1. The minimum absolute atomic E-state index is 0.0164. The molecule has 2 amide bonds. The summed E-state index contributed by atoms with van der Waals surface area (Å²) >= 11 is 6.32. The standard InChI is InChI=1S/C31H33ClN2O4/c1-19-17-26(27(38-3)18-25(19)32)33-30(35)28-23-11-7-8-12-24(23)31(36)34(21-9-5-4-6-10-21)29(28)20-13-15-22(37-2)16-14-20/h7-8,11-18,21,28-29H,4-6,9-10H2,1-3H3,(H,33,35). The first-order valence-corrected chi connectivity index (χ1v) is 13.5. The van der Waals surface area contributed by atoms with Crippen molar-refractivity contribution < 1.29 is 19.1 Å². The molecular weight excluding hydrogens is 500 g/mol. The topological polar surface area (TPSA) is 67.9 Å². The molecule has 1 saturated carbocycles. The van der Waals surface area contributed by atoms with Gasteiger partial charge in [0.15, 0.2) is 0 Å². The van der Waals surface area contributed by atoms with Gasteiger partial charge in [0.2, 0.25) is 5.91 Å². The predicted octanol–water partition coefficient (Wildman–Crippen LogP) is 6.92. The molecule has 2 aliphatic rings. The van der Waals surface area contributed by atoms with Crippen LogP contribution < -0.4 is 14.8 Å². The number of methoxy groups -OCH3 is 2. The molecule has 3 aromatic carbocycles. The van der Waals surface area contributed by atoms with Gasteiger partial charge in [-0.3, -0.25) is 9.59 Å². The van der Waals surface area contributed by atoms with Gasteiger partial charge in [0.05, 0.1) is 31.9 Å². The number of rotatable bonds is 6. The third-order valence-electron chi connectivity index (χ3n) is 7.82. The van der Waals surface area contributed by atoms with Gasteiger partial charge < -0.3 is 19.7 Å². The number of anilines is 1. The Morgan fingerprint density at radius 1 is 0.974 bits per heavy atom. The molecule has 198 valence electrons. The summed E-state index contributed by atoms with van der Waals surface area (Å²) in [5.74, 6) is 0.367. The third-order valence-corrected chi connectivity index (χ3v) is 8.23. The Kier molecular flexibility index (Phi) is 7.61. The lowest BCUT2D eigenvalue weighted by Crippen LogP contribution is -2.51. The number of fused-ring (bicyclic) bond motifs is 1. The maximum atomic E-state index is 14.3. The van der Waals surface area contributed by atoms with Crippen LogP contribution in [0.4, 0.5) is 5.69 Å². The molecule has 1 N–H and O–H groups in total. The van der Waals surface area contributed by atoms with Crippen LogP contribution >= 0.6 is 11.6 Å². The van der Waals surface area contributed by atoms with Crippen LogP contribution in [0.15, 0.2) is 60.7 Å². The summed E-state index contributed by atoms with van der Waals surface area (Å²) in [5, 5.41) is 3.68. The van der Waals surface area contributed by atoms with Crippen molar-refractivity contribution >= 4 is 29.1 Å². The normalized spacial score (nSPS) is 19.6. The molecule has 0 aromatic heterocycles. The largest absolute Gasteiger partial charge is 0.497 e. The van der Waals surface area contributed by atoms with Crippen molar-refractivity contribution in [1.29, 1.82) is 0 Å². The van der Waals surface area contributed by atoms with Gasteiger partial charge in [-0.25, -0.2) is 0 Å². The second kappa shape index (κ2) is 11.1. The number of ether oxygens (including phenoxy) is 2. The van der Waals surface area contributed by atoms with Crippen molar-refractivity contribution in [2.24, 2.45) is 0 Å². The number of hydrogen-bond donors (Lipinski definition) is 1. The Balaban J connectivity index is 1.64. The molecule has 0 saturated heterocycles. The van der Waals surface area contributed by atoms with E-state index in [1.807, 2.05) is 66.4 Å². The first-order chi connectivity index (χ1) is 18.4. The van der Waals surface area contributed by atoms with E-state index >= 15 is 0 Å². The van der Waals surface area contributed by atoms with Crippen molar-refractivity contribution in [2.75, 3.05) is 19.5 Å². The highest BCUT2D eigenvalue weighted by Crippen LogP contribution is 2.46. The van der Waals surface area contributed by atoms with Crippen molar-refractivity contribution in [3.8, 4) is 11.5 Å². The number of carbonyl (C=O) groups is 2. The smallest absolute Gasteiger partial charge is 0.254 e. The molecule has 3 aromatic rings. The average molecular weight is 533 g/mol. The van der Waals surface area contributed by atoms with Gasteiger partial charge in [0.25, 0.3) is 5.91 Å². The lowest BCUT2D eigenvalue weighted by atomic mass is 9.77. The first kappa shape index (κ1) is 26.1. The number of halogens is 1. The van der Waals surface area contributed by atoms with E-state index in [2.05, 4.69) is 5.32 Å². The predicted molar refractivity (Wildman–Crippen MR) is 149 cm³/mol. The van der Waals surface area contributed by atoms with E-state index < -0.39 is 12.0 Å². The van der Waals surface area contributed by atoms with E-state index in [4.69, 9.17) is 21.1 Å². The van der Waals surface area contributed by atoms with Gasteiger partial charge in [-0.15, -0.1) is 0 Å². The number of carbonyl (C=O) groups excluding carboxylic acids is 2. The Hall–Kier alpha value is -3.51. The summed E-state index contributed by atoms with van der Waals surface area (Å²) in [7, 11) is 3.18. The zero-order valence-corrected chi connectivity index (χ0v) is 22.8. The lowest BCUT2D eigenvalue weighted by molar-refractivity contribution is -0.119. The molecule has 0 spiro atoms. The van der Waals surface area contributed by atoms with E-state index in [1.54, 1.807) is 20.3 Å². The minimum Gasteiger partial charge on any atom is -0.497 e. The summed E-state index contributed by atoms with van der Waals surface area (Å²) in [5.41, 5.74) is 3.59. The fourth-order valence-corrected chi connectivity index (χ4v) is 6.04. The zero-order chi connectivity index (χ0) is 26.8. The second-order valence-electron chi connectivity index (χ2n) is 10.1. The van der Waals surface area contributed by atoms with Gasteiger partial charge in [-0.2, -0.15) is 0 Å². The molecule has 0 radical (unpaired) electrons. The van der Waals surface area contributed by atoms with Crippen molar-refractivity contribution in [2.45, 2.75) is 57.0 Å². The van der Waals surface area contributed by atoms with Crippen LogP contribution in [0.5, 0.6) is 11.5 Å². The fraction of sp³-hybridized carbons (Fsp3) is 0.355. The molecule has 1 fully saturated rings. The van der Waals surface area contributed by atoms with Gasteiger partial charge in [0.1, 0.15) is 11.5 Å². The molecule has 0 bridgehead atoms. The van der Waals surface area contributed by atoms with Crippen molar-refractivity contribution in [1.82, 2.24) is 4.90 Å². The Labute approximate surface area is 228 Å². The van der Waals surface area contributed by atoms with Crippen molar-refractivity contribution in [3.05, 3.63) is 87.9 Å². The van der Waals surface area contributed by atoms with Crippen LogP contribution in [0.2, 0.25) is 5.02 Å². The maximum absolute atomic E-state index is 14.3. The molecule has 1 aliphatic carbocycles. The third kappa shape index (κ3) is 4.85. The molecule has 1 heterocycles.